The van der Waals surface area contributed by atoms with Crippen molar-refractivity contribution in [3.05, 3.63) is 11.9 Å². The molecule has 0 aliphatic heterocycles. The first-order valence-corrected chi connectivity index (χ1v) is 7.74. The average molecular weight is 291 g/mol. The van der Waals surface area contributed by atoms with Crippen LogP contribution in [-0.4, -0.2) is 35.5 Å². The zero-order valence-electron chi connectivity index (χ0n) is 13.1. The van der Waals surface area contributed by atoms with Crippen LogP contribution in [0.4, 0.5) is 11.6 Å². The number of amides is 1. The maximum Gasteiger partial charge on any atom is 0.223 e. The van der Waals surface area contributed by atoms with Gasteiger partial charge in [0.1, 0.15) is 17.5 Å². The number of carbonyl (C=O) groups is 1. The average Bonchev–Trinajstić information content (AvgIpc) is 3.28. The van der Waals surface area contributed by atoms with Gasteiger partial charge in [0.2, 0.25) is 5.91 Å². The van der Waals surface area contributed by atoms with Gasteiger partial charge in [-0.1, -0.05) is 13.8 Å². The predicted octanol–water partition coefficient (Wildman–Crippen LogP) is 1.97. The third-order valence-electron chi connectivity index (χ3n) is 3.30. The summed E-state index contributed by atoms with van der Waals surface area (Å²) in [6.45, 7) is 8.30. The lowest BCUT2D eigenvalue weighted by Gasteiger charge is -2.12. The first-order valence-electron chi connectivity index (χ1n) is 7.74. The Morgan fingerprint density at radius 2 is 1.90 bits per heavy atom. The van der Waals surface area contributed by atoms with Crippen LogP contribution in [0, 0.1) is 5.92 Å². The van der Waals surface area contributed by atoms with Crippen LogP contribution in [0.2, 0.25) is 0 Å². The summed E-state index contributed by atoms with van der Waals surface area (Å²) in [6, 6.07) is 1.90. The van der Waals surface area contributed by atoms with Gasteiger partial charge in [-0.15, -0.1) is 0 Å². The number of anilines is 2. The summed E-state index contributed by atoms with van der Waals surface area (Å²) in [5, 5.41) is 9.39. The lowest BCUT2D eigenvalue weighted by atomic mass is 10.2. The van der Waals surface area contributed by atoms with Crippen LogP contribution in [0.25, 0.3) is 0 Å². The van der Waals surface area contributed by atoms with E-state index in [4.69, 9.17) is 0 Å². The molecule has 1 heterocycles. The Hall–Kier alpha value is -1.85. The molecular weight excluding hydrogens is 266 g/mol. The Morgan fingerprint density at radius 3 is 2.48 bits per heavy atom. The highest BCUT2D eigenvalue weighted by Crippen LogP contribution is 2.28. The molecule has 0 saturated heterocycles. The van der Waals surface area contributed by atoms with Crippen molar-refractivity contribution in [1.29, 1.82) is 0 Å². The monoisotopic (exact) mass is 291 g/mol. The van der Waals surface area contributed by atoms with Crippen LogP contribution >= 0.6 is 0 Å². The lowest BCUT2D eigenvalue weighted by Crippen LogP contribution is -2.30. The molecule has 0 unspecified atom stereocenters. The molecule has 1 saturated carbocycles. The van der Waals surface area contributed by atoms with Crippen LogP contribution in [0.15, 0.2) is 6.07 Å². The molecule has 1 amide bonds. The molecule has 0 spiro atoms. The fraction of sp³-hybridized carbons (Fsp3) is 0.667. The summed E-state index contributed by atoms with van der Waals surface area (Å²) in [7, 11) is 0. The normalized spacial score (nSPS) is 14.1. The fourth-order valence-corrected chi connectivity index (χ4v) is 1.95. The van der Waals surface area contributed by atoms with Gasteiger partial charge in [-0.05, 0) is 19.8 Å². The minimum absolute atomic E-state index is 0.177. The Morgan fingerprint density at radius 1 is 1.24 bits per heavy atom. The van der Waals surface area contributed by atoms with Crippen LogP contribution in [0.1, 0.15) is 45.4 Å². The minimum Gasteiger partial charge on any atom is -0.370 e. The van der Waals surface area contributed by atoms with Crippen LogP contribution in [0.3, 0.4) is 0 Å². The topological polar surface area (TPSA) is 78.9 Å². The number of hydrogen-bond acceptors (Lipinski definition) is 5. The van der Waals surface area contributed by atoms with E-state index < -0.39 is 0 Å². The van der Waals surface area contributed by atoms with E-state index in [0.29, 0.717) is 13.1 Å². The molecule has 1 aromatic heterocycles. The second kappa shape index (κ2) is 7.24. The Bertz CT molecular complexity index is 485. The molecule has 2 rings (SSSR count). The maximum atomic E-state index is 11.5. The molecule has 1 aliphatic rings. The van der Waals surface area contributed by atoms with Gasteiger partial charge in [-0.3, -0.25) is 4.79 Å². The molecule has 0 aromatic carbocycles. The molecule has 1 aliphatic carbocycles. The summed E-state index contributed by atoms with van der Waals surface area (Å²) in [5.74, 6) is 3.16. The van der Waals surface area contributed by atoms with Gasteiger partial charge in [-0.25, -0.2) is 9.97 Å². The van der Waals surface area contributed by atoms with E-state index in [-0.39, 0.29) is 17.7 Å². The summed E-state index contributed by atoms with van der Waals surface area (Å²) < 4.78 is 0. The number of nitrogens with one attached hydrogen (secondary N) is 3. The van der Waals surface area contributed by atoms with Crippen molar-refractivity contribution in [3.8, 4) is 0 Å². The Labute approximate surface area is 126 Å². The first-order chi connectivity index (χ1) is 10.1. The molecule has 1 aromatic rings. The number of carbonyl (C=O) groups excluding carboxylic acids is 1. The van der Waals surface area contributed by atoms with Gasteiger partial charge >= 0.3 is 0 Å². The predicted molar refractivity (Wildman–Crippen MR) is 84.5 cm³/mol. The van der Waals surface area contributed by atoms with E-state index in [9.17, 15) is 4.79 Å². The summed E-state index contributed by atoms with van der Waals surface area (Å²) in [4.78, 5) is 20.5. The van der Waals surface area contributed by atoms with Gasteiger partial charge < -0.3 is 16.0 Å². The highest BCUT2D eigenvalue weighted by molar-refractivity contribution is 5.80. The van der Waals surface area contributed by atoms with Crippen molar-refractivity contribution in [2.75, 3.05) is 30.3 Å². The fourth-order valence-electron chi connectivity index (χ4n) is 1.95. The van der Waals surface area contributed by atoms with Gasteiger partial charge in [0, 0.05) is 37.5 Å². The van der Waals surface area contributed by atoms with Crippen LogP contribution in [0.5, 0.6) is 0 Å². The molecule has 116 valence electrons. The standard InChI is InChI=1S/C15H25N5O/c1-4-16-12-9-13(20-14(19-12)10(2)3)17-7-8-18-15(21)11-5-6-11/h9-11H,4-8H2,1-3H3,(H,18,21)(H2,16,17,19,20). The van der Waals surface area contributed by atoms with Crippen molar-refractivity contribution in [2.45, 2.75) is 39.5 Å². The molecule has 6 heteroatoms. The Balaban J connectivity index is 1.86. The SMILES string of the molecule is CCNc1cc(NCCNC(=O)C2CC2)nc(C(C)C)n1. The number of nitrogens with zero attached hydrogens (tertiary/aromatic N) is 2. The van der Waals surface area contributed by atoms with Crippen LogP contribution < -0.4 is 16.0 Å². The van der Waals surface area contributed by atoms with E-state index in [1.165, 1.54) is 0 Å². The smallest absolute Gasteiger partial charge is 0.223 e. The highest BCUT2D eigenvalue weighted by atomic mass is 16.2. The third kappa shape index (κ3) is 4.88. The van der Waals surface area contributed by atoms with Crippen molar-refractivity contribution >= 4 is 17.5 Å². The van der Waals surface area contributed by atoms with Crippen molar-refractivity contribution < 1.29 is 4.79 Å². The van der Waals surface area contributed by atoms with Gasteiger partial charge in [-0.2, -0.15) is 0 Å². The quantitative estimate of drug-likeness (QED) is 0.638. The van der Waals surface area contributed by atoms with E-state index in [0.717, 1.165) is 36.8 Å². The number of hydrogen-bond donors (Lipinski definition) is 3. The molecule has 0 radical (unpaired) electrons. The first kappa shape index (κ1) is 15.5. The molecule has 3 N–H and O–H groups in total. The minimum atomic E-state index is 0.177. The van der Waals surface area contributed by atoms with E-state index >= 15 is 0 Å². The van der Waals surface area contributed by atoms with Crippen molar-refractivity contribution in [2.24, 2.45) is 5.92 Å². The molecule has 21 heavy (non-hydrogen) atoms. The molecule has 0 atom stereocenters. The zero-order chi connectivity index (χ0) is 15.2. The van der Waals surface area contributed by atoms with Crippen molar-refractivity contribution in [3.63, 3.8) is 0 Å². The van der Waals surface area contributed by atoms with Gasteiger partial charge in [0.05, 0.1) is 0 Å². The molecule has 0 bridgehead atoms. The van der Waals surface area contributed by atoms with Crippen LogP contribution in [-0.2, 0) is 4.79 Å². The van der Waals surface area contributed by atoms with E-state index in [1.54, 1.807) is 0 Å². The summed E-state index contributed by atoms with van der Waals surface area (Å²) in [5.41, 5.74) is 0. The van der Waals surface area contributed by atoms with E-state index in [1.807, 2.05) is 13.0 Å². The second-order valence-electron chi connectivity index (χ2n) is 5.67. The lowest BCUT2D eigenvalue weighted by molar-refractivity contribution is -0.122. The maximum absolute atomic E-state index is 11.5. The molecule has 6 nitrogen and oxygen atoms in total. The molecule has 1 fully saturated rings. The third-order valence-corrected chi connectivity index (χ3v) is 3.30. The van der Waals surface area contributed by atoms with Gasteiger partial charge in [0.15, 0.2) is 0 Å². The summed E-state index contributed by atoms with van der Waals surface area (Å²) in [6.07, 6.45) is 2.07. The molecular formula is C15H25N5O. The number of aromatic nitrogens is 2. The highest BCUT2D eigenvalue weighted by Gasteiger charge is 2.28. The number of rotatable bonds is 8. The Kier molecular flexibility index (Phi) is 5.36. The van der Waals surface area contributed by atoms with Gasteiger partial charge in [0.25, 0.3) is 0 Å². The second-order valence-corrected chi connectivity index (χ2v) is 5.67. The largest absolute Gasteiger partial charge is 0.370 e. The van der Waals surface area contributed by atoms with Crippen molar-refractivity contribution in [1.82, 2.24) is 15.3 Å². The van der Waals surface area contributed by atoms with E-state index in [2.05, 4.69) is 39.8 Å². The zero-order valence-corrected chi connectivity index (χ0v) is 13.1. The summed E-state index contributed by atoms with van der Waals surface area (Å²) >= 11 is 0.